The third-order valence-electron chi connectivity index (χ3n) is 6.04. The largest absolute Gasteiger partial charge is 0.385 e. The van der Waals surface area contributed by atoms with Crippen LogP contribution in [-0.2, 0) is 6.42 Å². The zero-order valence-electron chi connectivity index (χ0n) is 15.8. The Morgan fingerprint density at radius 3 is 2.46 bits per heavy atom. The van der Waals surface area contributed by atoms with Crippen LogP contribution in [-0.4, -0.2) is 59.1 Å². The SMILES string of the molecule is NC1=NN=C(N2CCC(N3CC(F)(F)CC[C@@H]3Cc3ccc(Cl)cc3)CC2)C1. The number of hydrogen-bond acceptors (Lipinski definition) is 5. The van der Waals surface area contributed by atoms with Gasteiger partial charge in [0.15, 0.2) is 0 Å². The summed E-state index contributed by atoms with van der Waals surface area (Å²) in [6, 6.07) is 8.04. The van der Waals surface area contributed by atoms with Crippen molar-refractivity contribution in [2.45, 2.75) is 56.5 Å². The van der Waals surface area contributed by atoms with Crippen molar-refractivity contribution in [3.8, 4) is 0 Å². The van der Waals surface area contributed by atoms with Gasteiger partial charge in [-0.2, -0.15) is 0 Å². The van der Waals surface area contributed by atoms with E-state index in [1.165, 1.54) is 0 Å². The van der Waals surface area contributed by atoms with Crippen LogP contribution < -0.4 is 5.73 Å². The molecule has 152 valence electrons. The summed E-state index contributed by atoms with van der Waals surface area (Å²) in [4.78, 5) is 4.26. The maximum absolute atomic E-state index is 14.2. The van der Waals surface area contributed by atoms with Gasteiger partial charge >= 0.3 is 0 Å². The fourth-order valence-electron chi connectivity index (χ4n) is 4.54. The molecule has 0 unspecified atom stereocenters. The lowest BCUT2D eigenvalue weighted by Gasteiger charge is -2.47. The van der Waals surface area contributed by atoms with Crippen LogP contribution in [0.1, 0.15) is 37.7 Å². The van der Waals surface area contributed by atoms with Crippen molar-refractivity contribution in [2.75, 3.05) is 19.6 Å². The van der Waals surface area contributed by atoms with E-state index in [4.69, 9.17) is 17.3 Å². The molecule has 0 bridgehead atoms. The molecule has 0 amide bonds. The molecule has 2 fully saturated rings. The molecular formula is C20H26ClF2N5. The molecule has 0 saturated carbocycles. The van der Waals surface area contributed by atoms with Gasteiger partial charge in [-0.25, -0.2) is 8.78 Å². The van der Waals surface area contributed by atoms with Crippen molar-refractivity contribution >= 4 is 23.3 Å². The number of halogens is 3. The van der Waals surface area contributed by atoms with Crippen LogP contribution >= 0.6 is 11.6 Å². The van der Waals surface area contributed by atoms with Crippen molar-refractivity contribution < 1.29 is 8.78 Å². The summed E-state index contributed by atoms with van der Waals surface area (Å²) >= 11 is 5.98. The van der Waals surface area contributed by atoms with Crippen molar-refractivity contribution in [1.82, 2.24) is 9.80 Å². The fourth-order valence-corrected chi connectivity index (χ4v) is 4.67. The average Bonchev–Trinajstić information content (AvgIpc) is 3.11. The molecule has 3 heterocycles. The highest BCUT2D eigenvalue weighted by Gasteiger charge is 2.43. The second-order valence-electron chi connectivity index (χ2n) is 8.05. The first kappa shape index (κ1) is 19.6. The van der Waals surface area contributed by atoms with Crippen molar-refractivity contribution in [3.05, 3.63) is 34.9 Å². The number of amidine groups is 2. The Kier molecular flexibility index (Phi) is 5.56. The second kappa shape index (κ2) is 7.95. The van der Waals surface area contributed by atoms with Crippen molar-refractivity contribution in [2.24, 2.45) is 15.9 Å². The molecule has 0 aromatic heterocycles. The van der Waals surface area contributed by atoms with Crippen LogP contribution in [0.15, 0.2) is 34.5 Å². The van der Waals surface area contributed by atoms with Crippen LogP contribution in [0.3, 0.4) is 0 Å². The van der Waals surface area contributed by atoms with Crippen LogP contribution in [0.2, 0.25) is 5.02 Å². The minimum absolute atomic E-state index is 0.0337. The maximum atomic E-state index is 14.2. The summed E-state index contributed by atoms with van der Waals surface area (Å²) in [6.07, 6.45) is 3.56. The summed E-state index contributed by atoms with van der Waals surface area (Å²) in [5, 5.41) is 8.74. The van der Waals surface area contributed by atoms with E-state index in [1.807, 2.05) is 24.3 Å². The molecular weight excluding hydrogens is 384 g/mol. The number of alkyl halides is 2. The van der Waals surface area contributed by atoms with Gasteiger partial charge in [0.25, 0.3) is 5.92 Å². The minimum Gasteiger partial charge on any atom is -0.385 e. The van der Waals surface area contributed by atoms with Gasteiger partial charge < -0.3 is 10.6 Å². The van der Waals surface area contributed by atoms with Crippen LogP contribution in [0.4, 0.5) is 8.78 Å². The molecule has 5 nitrogen and oxygen atoms in total. The molecule has 2 N–H and O–H groups in total. The molecule has 1 aromatic carbocycles. The van der Waals surface area contributed by atoms with E-state index in [9.17, 15) is 8.78 Å². The zero-order valence-corrected chi connectivity index (χ0v) is 16.6. The summed E-state index contributed by atoms with van der Waals surface area (Å²) in [5.41, 5.74) is 6.86. The van der Waals surface area contributed by atoms with Crippen LogP contribution in [0.25, 0.3) is 0 Å². The molecule has 3 aliphatic rings. The third-order valence-corrected chi connectivity index (χ3v) is 6.29. The lowest BCUT2D eigenvalue weighted by Crippen LogP contribution is -2.56. The van der Waals surface area contributed by atoms with Gasteiger partial charge in [-0.3, -0.25) is 4.90 Å². The van der Waals surface area contributed by atoms with E-state index in [0.29, 0.717) is 23.7 Å². The van der Waals surface area contributed by atoms with Gasteiger partial charge in [0.1, 0.15) is 11.7 Å². The Bertz CT molecular complexity index is 756. The molecule has 0 radical (unpaired) electrons. The Balaban J connectivity index is 1.41. The Hall–Kier alpha value is -1.73. The molecule has 1 aromatic rings. The van der Waals surface area contributed by atoms with E-state index >= 15 is 0 Å². The van der Waals surface area contributed by atoms with Crippen LogP contribution in [0.5, 0.6) is 0 Å². The summed E-state index contributed by atoms with van der Waals surface area (Å²) < 4.78 is 28.4. The number of benzene rings is 1. The first-order valence-corrected chi connectivity index (χ1v) is 10.3. The third kappa shape index (κ3) is 4.46. The first-order valence-electron chi connectivity index (χ1n) is 9.91. The van der Waals surface area contributed by atoms with E-state index in [0.717, 1.165) is 43.8 Å². The number of likely N-dealkylation sites (tertiary alicyclic amines) is 2. The average molecular weight is 410 g/mol. The smallest absolute Gasteiger partial charge is 0.260 e. The predicted octanol–water partition coefficient (Wildman–Crippen LogP) is 3.52. The van der Waals surface area contributed by atoms with Gasteiger partial charge in [-0.1, -0.05) is 23.7 Å². The predicted molar refractivity (Wildman–Crippen MR) is 108 cm³/mol. The second-order valence-corrected chi connectivity index (χ2v) is 8.49. The van der Waals surface area contributed by atoms with E-state index < -0.39 is 5.92 Å². The molecule has 0 aliphatic carbocycles. The van der Waals surface area contributed by atoms with Gasteiger partial charge in [0.2, 0.25) is 0 Å². The lowest BCUT2D eigenvalue weighted by atomic mass is 9.90. The van der Waals surface area contributed by atoms with Crippen molar-refractivity contribution in [3.63, 3.8) is 0 Å². The van der Waals surface area contributed by atoms with Gasteiger partial charge in [0, 0.05) is 36.6 Å². The highest BCUT2D eigenvalue weighted by molar-refractivity contribution is 6.30. The summed E-state index contributed by atoms with van der Waals surface area (Å²) in [6.45, 7) is 1.47. The number of piperidine rings is 2. The molecule has 4 rings (SSSR count). The van der Waals surface area contributed by atoms with Crippen molar-refractivity contribution in [1.29, 1.82) is 0 Å². The standard InChI is InChI=1S/C20H26ClF2N5/c21-15-3-1-14(2-4-15)11-17-5-8-20(22,23)13-28(17)16-6-9-27(10-7-16)19-12-18(24)25-26-19/h1-4,16-17H,5-13H2,(H2,24,25)/t17-/m1/s1. The highest BCUT2D eigenvalue weighted by Crippen LogP contribution is 2.35. The Morgan fingerprint density at radius 2 is 1.82 bits per heavy atom. The first-order chi connectivity index (χ1) is 13.4. The van der Waals surface area contributed by atoms with Gasteiger partial charge in [-0.05, 0) is 43.4 Å². The zero-order chi connectivity index (χ0) is 19.7. The monoisotopic (exact) mass is 409 g/mol. The Morgan fingerprint density at radius 1 is 1.11 bits per heavy atom. The number of nitrogens with zero attached hydrogens (tertiary/aromatic N) is 4. The lowest BCUT2D eigenvalue weighted by molar-refractivity contribution is -0.100. The molecule has 28 heavy (non-hydrogen) atoms. The van der Waals surface area contributed by atoms with Gasteiger partial charge in [-0.15, -0.1) is 10.2 Å². The minimum atomic E-state index is -2.61. The molecule has 3 aliphatic heterocycles. The molecule has 1 atom stereocenters. The quantitative estimate of drug-likeness (QED) is 0.831. The van der Waals surface area contributed by atoms with E-state index in [-0.39, 0.29) is 25.0 Å². The molecule has 2 saturated heterocycles. The maximum Gasteiger partial charge on any atom is 0.260 e. The Labute approximate surface area is 169 Å². The highest BCUT2D eigenvalue weighted by atomic mass is 35.5. The molecule has 8 heteroatoms. The van der Waals surface area contributed by atoms with E-state index in [2.05, 4.69) is 20.0 Å². The molecule has 0 spiro atoms. The summed E-state index contributed by atoms with van der Waals surface area (Å²) in [7, 11) is 0. The normalized spacial score (nSPS) is 26.2. The number of hydrogen-bond donors (Lipinski definition) is 1. The number of nitrogens with two attached hydrogens (primary N) is 1. The van der Waals surface area contributed by atoms with Crippen LogP contribution in [0, 0.1) is 0 Å². The summed E-state index contributed by atoms with van der Waals surface area (Å²) in [5.74, 6) is -1.17. The van der Waals surface area contributed by atoms with E-state index in [1.54, 1.807) is 0 Å². The topological polar surface area (TPSA) is 57.2 Å². The van der Waals surface area contributed by atoms with Gasteiger partial charge in [0.05, 0.1) is 13.0 Å². The number of rotatable bonds is 3. The fraction of sp³-hybridized carbons (Fsp3) is 0.600.